The second kappa shape index (κ2) is 55.0. The lowest BCUT2D eigenvalue weighted by Gasteiger charge is -2.04. The molecule has 0 aliphatic rings. The summed E-state index contributed by atoms with van der Waals surface area (Å²) in [6.45, 7) is 30.5. The number of esters is 4. The van der Waals surface area contributed by atoms with Crippen LogP contribution >= 0.6 is 0 Å². The van der Waals surface area contributed by atoms with Gasteiger partial charge in [-0.1, -0.05) is 66.2 Å². The lowest BCUT2D eigenvalue weighted by molar-refractivity contribution is -0.142. The third-order valence-electron chi connectivity index (χ3n) is 4.25. The maximum atomic E-state index is 10.6. The molecule has 0 rings (SSSR count). The number of ether oxygens (including phenoxy) is 4. The van der Waals surface area contributed by atoms with Crippen LogP contribution in [-0.4, -0.2) is 151 Å². The fourth-order valence-corrected chi connectivity index (χ4v) is 1.56. The Morgan fingerprint density at radius 1 is 0.542 bits per heavy atom. The Labute approximate surface area is 347 Å². The average Bonchev–Trinajstić information content (AvgIpc) is 3.15. The van der Waals surface area contributed by atoms with E-state index in [4.69, 9.17) is 51.1 Å². The standard InChI is InChI=1S/C7H12O3.2C6H10O3.C5H8O3.C4H6O2.2C4H10O2.C3H4O2/c1-5(2)7(9)10-4-6(3)8;1-5(2)6(8)9-4-3-7;1-3-6(8)9-4-5(2)7;1-2-5(7)8-4-3-6;1-3(2)4(5)6;2*1-2-3-4(5)6;1-2-3(4)5/h6,8H,1,4H2,2-3H3;7H,1,3-4H2,2H3;3,5,7H,1,4H2,2H3;2,6H,1,3-4H2;1H2,2H3,(H,5,6);2*4-6H,2-3H2,1H3;2H,1H2,(H,4,5). The van der Waals surface area contributed by atoms with Gasteiger partial charge in [-0.25, -0.2) is 28.8 Å². The third kappa shape index (κ3) is 101. The molecule has 10 N–H and O–H groups in total. The number of aliphatic hydroxyl groups is 8. The number of carbonyl (C=O) groups excluding carboxylic acids is 4. The highest BCUT2D eigenvalue weighted by Gasteiger charge is 2.04. The van der Waals surface area contributed by atoms with Crippen molar-refractivity contribution in [3.63, 3.8) is 0 Å². The minimum Gasteiger partial charge on any atom is -0.478 e. The monoisotopic (exact) mass is 858 g/mol. The van der Waals surface area contributed by atoms with Crippen molar-refractivity contribution in [1.82, 2.24) is 0 Å². The molecule has 0 amide bonds. The smallest absolute Gasteiger partial charge is 0.333 e. The highest BCUT2D eigenvalue weighted by molar-refractivity contribution is 5.87. The van der Waals surface area contributed by atoms with Gasteiger partial charge in [0.05, 0.1) is 25.4 Å². The van der Waals surface area contributed by atoms with Crippen molar-refractivity contribution in [3.8, 4) is 0 Å². The van der Waals surface area contributed by atoms with Crippen molar-refractivity contribution in [1.29, 1.82) is 0 Å². The topological polar surface area (TPSA) is 342 Å². The van der Waals surface area contributed by atoms with Crippen LogP contribution in [0.3, 0.4) is 0 Å². The minimum atomic E-state index is -1.10. The highest BCUT2D eigenvalue weighted by Crippen LogP contribution is 1.93. The van der Waals surface area contributed by atoms with Crippen LogP contribution in [0.25, 0.3) is 0 Å². The fraction of sp³-hybridized carbons (Fsp3) is 0.538. The van der Waals surface area contributed by atoms with Gasteiger partial charge in [-0.05, 0) is 47.5 Å². The number of rotatable bonds is 18. The molecule has 346 valence electrons. The number of hydrogen-bond acceptors (Lipinski definition) is 18. The van der Waals surface area contributed by atoms with E-state index in [0.29, 0.717) is 24.0 Å². The molecule has 2 atom stereocenters. The first-order valence-corrected chi connectivity index (χ1v) is 17.4. The molecule has 0 aromatic carbocycles. The highest BCUT2D eigenvalue weighted by atomic mass is 16.6. The zero-order chi connectivity index (χ0) is 48.5. The molecule has 0 fully saturated rings. The van der Waals surface area contributed by atoms with Gasteiger partial charge in [0, 0.05) is 34.9 Å². The quantitative estimate of drug-likeness (QED) is 0.0404. The maximum Gasteiger partial charge on any atom is 0.333 e. The van der Waals surface area contributed by atoms with Crippen molar-refractivity contribution in [2.45, 2.75) is 98.9 Å². The van der Waals surface area contributed by atoms with Gasteiger partial charge in [0.2, 0.25) is 0 Å². The summed E-state index contributed by atoms with van der Waals surface area (Å²) in [7, 11) is 0. The predicted molar refractivity (Wildman–Crippen MR) is 218 cm³/mol. The summed E-state index contributed by atoms with van der Waals surface area (Å²) in [5, 5.41) is 81.5. The number of aliphatic hydroxyl groups excluding tert-OH is 6. The van der Waals surface area contributed by atoms with Crippen LogP contribution in [0.5, 0.6) is 0 Å². The van der Waals surface area contributed by atoms with Gasteiger partial charge < -0.3 is 70.0 Å². The lowest BCUT2D eigenvalue weighted by Crippen LogP contribution is -2.15. The van der Waals surface area contributed by atoms with E-state index < -0.39 is 60.6 Å². The Hall–Kier alpha value is -5.06. The summed E-state index contributed by atoms with van der Waals surface area (Å²) in [5.41, 5.74) is 0.874. The van der Waals surface area contributed by atoms with E-state index in [1.165, 1.54) is 13.8 Å². The molecule has 0 radical (unpaired) electrons. The summed E-state index contributed by atoms with van der Waals surface area (Å²) < 4.78 is 17.8. The number of carboxylic acids is 2. The molecule has 0 aromatic heterocycles. The van der Waals surface area contributed by atoms with Gasteiger partial charge in [-0.2, -0.15) is 0 Å². The molecule has 20 nitrogen and oxygen atoms in total. The van der Waals surface area contributed by atoms with Crippen molar-refractivity contribution < 1.29 is 98.8 Å². The van der Waals surface area contributed by atoms with Crippen molar-refractivity contribution in [3.05, 3.63) is 74.4 Å². The molecule has 0 aliphatic carbocycles. The lowest BCUT2D eigenvalue weighted by atomic mass is 10.3. The van der Waals surface area contributed by atoms with Crippen LogP contribution < -0.4 is 0 Å². The molecule has 20 heteroatoms. The predicted octanol–water partition coefficient (Wildman–Crippen LogP) is 1.49. The van der Waals surface area contributed by atoms with Gasteiger partial charge in [0.25, 0.3) is 0 Å². The minimum absolute atomic E-state index is 0.0326. The Morgan fingerprint density at radius 3 is 1.03 bits per heavy atom. The van der Waals surface area contributed by atoms with Gasteiger partial charge in [0.1, 0.15) is 26.4 Å². The summed E-state index contributed by atoms with van der Waals surface area (Å²) in [6, 6.07) is 0. The molecular weight excluding hydrogens is 788 g/mol. The zero-order valence-corrected chi connectivity index (χ0v) is 35.4. The van der Waals surface area contributed by atoms with E-state index in [9.17, 15) is 28.8 Å². The Bertz CT molecular complexity index is 1140. The molecule has 0 aliphatic heterocycles. The van der Waals surface area contributed by atoms with Crippen LogP contribution in [0.2, 0.25) is 0 Å². The van der Waals surface area contributed by atoms with Crippen LogP contribution in [0.4, 0.5) is 0 Å². The van der Waals surface area contributed by atoms with E-state index in [-0.39, 0.29) is 45.2 Å². The first-order chi connectivity index (χ1) is 27.1. The van der Waals surface area contributed by atoms with Crippen LogP contribution in [0.15, 0.2) is 74.4 Å². The summed E-state index contributed by atoms with van der Waals surface area (Å²) in [6.07, 6.45) is 2.16. The molecule has 59 heavy (non-hydrogen) atoms. The van der Waals surface area contributed by atoms with Crippen LogP contribution in [0, 0.1) is 0 Å². The first kappa shape index (κ1) is 71.6. The molecular formula is C39H70O20. The van der Waals surface area contributed by atoms with Gasteiger partial charge in [-0.15, -0.1) is 0 Å². The normalized spacial score (nSPS) is 9.71. The molecule has 0 aromatic rings. The van der Waals surface area contributed by atoms with Gasteiger partial charge in [-0.3, -0.25) is 0 Å². The Morgan fingerprint density at radius 2 is 0.831 bits per heavy atom. The largest absolute Gasteiger partial charge is 0.478 e. The van der Waals surface area contributed by atoms with E-state index in [1.807, 2.05) is 13.8 Å². The molecule has 2 unspecified atom stereocenters. The number of carboxylic acid groups (broad SMARTS) is 2. The molecule has 0 spiro atoms. The summed E-state index contributed by atoms with van der Waals surface area (Å²) in [5.74, 6) is -3.83. The summed E-state index contributed by atoms with van der Waals surface area (Å²) in [4.78, 5) is 60.3. The molecule has 0 saturated heterocycles. The zero-order valence-electron chi connectivity index (χ0n) is 35.4. The third-order valence-corrected chi connectivity index (χ3v) is 4.25. The average molecular weight is 859 g/mol. The number of aliphatic carboxylic acids is 2. The fourth-order valence-electron chi connectivity index (χ4n) is 1.56. The van der Waals surface area contributed by atoms with Gasteiger partial charge >= 0.3 is 35.8 Å². The number of carbonyl (C=O) groups is 6. The molecule has 0 bridgehead atoms. The molecule has 0 saturated carbocycles. The van der Waals surface area contributed by atoms with Crippen LogP contribution in [0.1, 0.15) is 74.1 Å². The van der Waals surface area contributed by atoms with E-state index in [0.717, 1.165) is 31.1 Å². The first-order valence-electron chi connectivity index (χ1n) is 17.4. The van der Waals surface area contributed by atoms with Crippen molar-refractivity contribution >= 4 is 35.8 Å². The SMILES string of the molecule is C=C(C)C(=O)O.C=C(C)C(=O)OCC(C)O.C=C(C)C(=O)OCCO.C=CC(=O)O.C=CC(=O)OCC(C)O.C=CC(=O)OCCO.CCCC(O)O.CCCC(O)O. The Balaban J connectivity index is -0.0000000848. The van der Waals surface area contributed by atoms with Crippen LogP contribution in [-0.2, 0) is 47.7 Å². The van der Waals surface area contributed by atoms with E-state index >= 15 is 0 Å². The second-order valence-corrected chi connectivity index (χ2v) is 10.8. The Kier molecular flexibility index (Phi) is 66.8. The van der Waals surface area contributed by atoms with Gasteiger partial charge in [0.15, 0.2) is 12.6 Å². The van der Waals surface area contributed by atoms with E-state index in [2.05, 4.69) is 58.4 Å². The maximum absolute atomic E-state index is 10.6. The van der Waals surface area contributed by atoms with Crippen molar-refractivity contribution in [2.75, 3.05) is 39.6 Å². The summed E-state index contributed by atoms with van der Waals surface area (Å²) >= 11 is 0. The second-order valence-electron chi connectivity index (χ2n) is 10.8. The van der Waals surface area contributed by atoms with E-state index in [1.54, 1.807) is 20.8 Å². The van der Waals surface area contributed by atoms with Crippen molar-refractivity contribution in [2.24, 2.45) is 0 Å². The number of hydrogen-bond donors (Lipinski definition) is 10. The molecule has 0 heterocycles.